The molecule has 2 fully saturated rings. The van der Waals surface area contributed by atoms with Crippen LogP contribution in [0.3, 0.4) is 0 Å². The van der Waals surface area contributed by atoms with Crippen LogP contribution in [-0.2, 0) is 4.74 Å². The van der Waals surface area contributed by atoms with Gasteiger partial charge in [-0.2, -0.15) is 10.2 Å². The van der Waals surface area contributed by atoms with Crippen molar-refractivity contribution in [3.63, 3.8) is 0 Å². The first-order valence-electron chi connectivity index (χ1n) is 11.5. The number of methoxy groups -OCH3 is 2. The summed E-state index contributed by atoms with van der Waals surface area (Å²) >= 11 is 0. The number of rotatable bonds is 7. The Balaban J connectivity index is 1.30. The Bertz CT molecular complexity index is 1230. The summed E-state index contributed by atoms with van der Waals surface area (Å²) in [6, 6.07) is 13.8. The lowest BCUT2D eigenvalue weighted by molar-refractivity contribution is -0.0660. The molecule has 180 valence electrons. The maximum absolute atomic E-state index is 9.38. The maximum atomic E-state index is 9.38. The van der Waals surface area contributed by atoms with Crippen LogP contribution in [0.4, 0.5) is 17.3 Å². The summed E-state index contributed by atoms with van der Waals surface area (Å²) in [6.45, 7) is 5.52. The van der Waals surface area contributed by atoms with E-state index in [2.05, 4.69) is 36.1 Å². The normalized spacial score (nSPS) is 16.3. The number of hydrogen-bond acceptors (Lipinski definition) is 10. The van der Waals surface area contributed by atoms with E-state index in [1.807, 2.05) is 24.3 Å². The fraction of sp³-hybridized carbons (Fsp3) is 0.360. The first-order valence-corrected chi connectivity index (χ1v) is 11.5. The number of aromatic nitrogens is 3. The zero-order valence-electron chi connectivity index (χ0n) is 19.8. The number of hydrogen-bond donors (Lipinski definition) is 1. The van der Waals surface area contributed by atoms with Crippen molar-refractivity contribution < 1.29 is 14.2 Å². The highest BCUT2D eigenvalue weighted by Gasteiger charge is 2.29. The van der Waals surface area contributed by atoms with Crippen LogP contribution >= 0.6 is 0 Å². The van der Waals surface area contributed by atoms with Gasteiger partial charge in [-0.05, 0) is 30.3 Å². The molecule has 4 heterocycles. The second-order valence-corrected chi connectivity index (χ2v) is 8.38. The molecule has 0 unspecified atom stereocenters. The van der Waals surface area contributed by atoms with E-state index in [0.717, 1.165) is 50.6 Å². The molecule has 10 nitrogen and oxygen atoms in total. The molecule has 2 saturated heterocycles. The average molecular weight is 474 g/mol. The lowest BCUT2D eigenvalue weighted by Crippen LogP contribution is -2.56. The van der Waals surface area contributed by atoms with Crippen molar-refractivity contribution in [2.24, 2.45) is 0 Å². The number of pyridine rings is 1. The molecule has 3 aromatic rings. The predicted octanol–water partition coefficient (Wildman–Crippen LogP) is 2.69. The van der Waals surface area contributed by atoms with Crippen molar-refractivity contribution in [2.75, 3.05) is 63.8 Å². The van der Waals surface area contributed by atoms with Gasteiger partial charge in [0.15, 0.2) is 0 Å². The van der Waals surface area contributed by atoms with Crippen LogP contribution in [0.5, 0.6) is 11.6 Å². The van der Waals surface area contributed by atoms with Gasteiger partial charge in [-0.25, -0.2) is 9.97 Å². The number of piperazine rings is 1. The molecule has 0 aliphatic carbocycles. The molecule has 35 heavy (non-hydrogen) atoms. The van der Waals surface area contributed by atoms with Gasteiger partial charge in [0.1, 0.15) is 35.5 Å². The van der Waals surface area contributed by atoms with Crippen LogP contribution in [0.2, 0.25) is 0 Å². The highest BCUT2D eigenvalue weighted by Crippen LogP contribution is 2.31. The quantitative estimate of drug-likeness (QED) is 0.550. The van der Waals surface area contributed by atoms with Gasteiger partial charge in [0.25, 0.3) is 0 Å². The second-order valence-electron chi connectivity index (χ2n) is 8.38. The fourth-order valence-corrected chi connectivity index (χ4v) is 4.33. The average Bonchev–Trinajstić information content (AvgIpc) is 2.88. The molecule has 0 spiro atoms. The van der Waals surface area contributed by atoms with Crippen LogP contribution in [0.15, 0.2) is 42.7 Å². The molecular formula is C25H27N7O3. The van der Waals surface area contributed by atoms with Crippen molar-refractivity contribution in [3.8, 4) is 29.0 Å². The predicted molar refractivity (Wildman–Crippen MR) is 131 cm³/mol. The van der Waals surface area contributed by atoms with Crippen LogP contribution in [0, 0.1) is 11.3 Å². The van der Waals surface area contributed by atoms with Gasteiger partial charge in [-0.1, -0.05) is 0 Å². The Labute approximate surface area is 204 Å². The third-order valence-electron chi connectivity index (χ3n) is 6.36. The molecule has 1 aromatic carbocycles. The van der Waals surface area contributed by atoms with Crippen molar-refractivity contribution in [3.05, 3.63) is 48.3 Å². The summed E-state index contributed by atoms with van der Waals surface area (Å²) in [6.07, 6.45) is 1.48. The van der Waals surface area contributed by atoms with Gasteiger partial charge < -0.3 is 24.4 Å². The van der Waals surface area contributed by atoms with Crippen molar-refractivity contribution in [1.82, 2.24) is 19.9 Å². The van der Waals surface area contributed by atoms with E-state index in [1.165, 1.54) is 6.33 Å². The Morgan fingerprint density at radius 3 is 2.51 bits per heavy atom. The highest BCUT2D eigenvalue weighted by molar-refractivity contribution is 5.68. The number of nitriles is 1. The van der Waals surface area contributed by atoms with Crippen molar-refractivity contribution in [2.45, 2.75) is 6.04 Å². The molecule has 0 saturated carbocycles. The molecule has 10 heteroatoms. The fourth-order valence-electron chi connectivity index (χ4n) is 4.33. The highest BCUT2D eigenvalue weighted by atomic mass is 16.5. The van der Waals surface area contributed by atoms with Crippen LogP contribution in [0.1, 0.15) is 5.56 Å². The molecule has 2 aliphatic heterocycles. The molecule has 0 radical (unpaired) electrons. The van der Waals surface area contributed by atoms with Crippen molar-refractivity contribution in [1.29, 1.82) is 5.26 Å². The van der Waals surface area contributed by atoms with E-state index in [1.54, 1.807) is 26.4 Å². The summed E-state index contributed by atoms with van der Waals surface area (Å²) in [5.74, 6) is 2.30. The van der Waals surface area contributed by atoms with Gasteiger partial charge in [0, 0.05) is 37.8 Å². The van der Waals surface area contributed by atoms with E-state index in [0.29, 0.717) is 40.6 Å². The van der Waals surface area contributed by atoms with Crippen LogP contribution in [0.25, 0.3) is 11.3 Å². The first kappa shape index (κ1) is 22.8. The summed E-state index contributed by atoms with van der Waals surface area (Å²) < 4.78 is 16.2. The zero-order chi connectivity index (χ0) is 24.2. The molecule has 0 bridgehead atoms. The van der Waals surface area contributed by atoms with Crippen LogP contribution in [-0.4, -0.2) is 79.5 Å². The van der Waals surface area contributed by atoms with E-state index in [-0.39, 0.29) is 0 Å². The second kappa shape index (κ2) is 10.1. The standard InChI is InChI=1S/C25H27N7O3/c1-33-22-5-3-17(11-18(22)13-26)20-12-24(28-16-27-20)29-23-6-4-21(25(30-23)34-2)32-9-7-31(8-10-32)19-14-35-15-19/h3-6,11-12,16,19H,7-10,14-15H2,1-2H3,(H,27,28,29,30). The molecular weight excluding hydrogens is 446 g/mol. The maximum Gasteiger partial charge on any atom is 0.239 e. The number of ether oxygens (including phenoxy) is 3. The lowest BCUT2D eigenvalue weighted by Gasteiger charge is -2.43. The topological polar surface area (TPSA) is 109 Å². The third-order valence-corrected chi connectivity index (χ3v) is 6.36. The number of nitrogens with zero attached hydrogens (tertiary/aromatic N) is 6. The largest absolute Gasteiger partial charge is 0.495 e. The van der Waals surface area contributed by atoms with Crippen LogP contribution < -0.4 is 19.7 Å². The Morgan fingerprint density at radius 1 is 1.00 bits per heavy atom. The minimum atomic E-state index is 0.446. The minimum Gasteiger partial charge on any atom is -0.495 e. The third kappa shape index (κ3) is 4.82. The van der Waals surface area contributed by atoms with E-state index in [9.17, 15) is 5.26 Å². The Kier molecular flexibility index (Phi) is 6.61. The Morgan fingerprint density at radius 2 is 1.83 bits per heavy atom. The summed E-state index contributed by atoms with van der Waals surface area (Å²) in [7, 11) is 3.18. The summed E-state index contributed by atoms with van der Waals surface area (Å²) in [4.78, 5) is 18.1. The molecule has 2 aromatic heterocycles. The van der Waals surface area contributed by atoms with E-state index < -0.39 is 0 Å². The van der Waals surface area contributed by atoms with Gasteiger partial charge in [0.05, 0.1) is 44.7 Å². The van der Waals surface area contributed by atoms with Gasteiger partial charge >= 0.3 is 0 Å². The molecule has 1 N–H and O–H groups in total. The SMILES string of the molecule is COc1ccc(-c2cc(Nc3ccc(N4CCN(C5COC5)CC4)c(OC)n3)ncn2)cc1C#N. The number of benzene rings is 1. The van der Waals surface area contributed by atoms with E-state index >= 15 is 0 Å². The van der Waals surface area contributed by atoms with E-state index in [4.69, 9.17) is 14.2 Å². The van der Waals surface area contributed by atoms with Crippen molar-refractivity contribution >= 4 is 17.3 Å². The number of anilines is 3. The molecule has 2 aliphatic rings. The van der Waals surface area contributed by atoms with Gasteiger partial charge in [0.2, 0.25) is 5.88 Å². The monoisotopic (exact) mass is 473 g/mol. The number of nitrogens with one attached hydrogen (secondary N) is 1. The lowest BCUT2D eigenvalue weighted by atomic mass is 10.1. The molecule has 0 atom stereocenters. The molecule has 5 rings (SSSR count). The van der Waals surface area contributed by atoms with Gasteiger partial charge in [-0.15, -0.1) is 0 Å². The first-order chi connectivity index (χ1) is 17.2. The van der Waals surface area contributed by atoms with Gasteiger partial charge in [-0.3, -0.25) is 4.90 Å². The minimum absolute atomic E-state index is 0.446. The smallest absolute Gasteiger partial charge is 0.239 e. The Hall–Kier alpha value is -3.94. The zero-order valence-corrected chi connectivity index (χ0v) is 19.8. The summed E-state index contributed by atoms with van der Waals surface area (Å²) in [5.41, 5.74) is 2.90. The summed E-state index contributed by atoms with van der Waals surface area (Å²) in [5, 5.41) is 12.6. The molecule has 0 amide bonds.